The van der Waals surface area contributed by atoms with Gasteiger partial charge in [0.2, 0.25) is 15.9 Å². The first-order valence-electron chi connectivity index (χ1n) is 8.37. The molecule has 2 rings (SSSR count). The molecule has 144 valence electrons. The summed E-state index contributed by atoms with van der Waals surface area (Å²) < 4.78 is 22.4. The van der Waals surface area contributed by atoms with Crippen molar-refractivity contribution in [3.8, 4) is 6.07 Å². The summed E-state index contributed by atoms with van der Waals surface area (Å²) in [5.41, 5.74) is 0.373. The molecule has 1 aliphatic heterocycles. The summed E-state index contributed by atoms with van der Waals surface area (Å²) in [4.78, 5) is 25.2. The van der Waals surface area contributed by atoms with Gasteiger partial charge in [-0.3, -0.25) is 9.59 Å². The first-order valence-corrected chi connectivity index (χ1v) is 9.91. The number of anilines is 1. The van der Waals surface area contributed by atoms with Gasteiger partial charge in [0, 0.05) is 37.9 Å². The maximum Gasteiger partial charge on any atom is 0.263 e. The Hall–Kier alpha value is -2.90. The smallest absolute Gasteiger partial charge is 0.263 e. The fraction of sp³-hybridized carbons (Fsp3) is 0.353. The zero-order valence-electron chi connectivity index (χ0n) is 14.6. The quantitative estimate of drug-likeness (QED) is 0.330. The van der Waals surface area contributed by atoms with E-state index in [1.165, 1.54) is 30.5 Å². The molecular weight excluding hydrogens is 370 g/mol. The molecule has 10 heteroatoms. The Bertz CT molecular complexity index is 872. The van der Waals surface area contributed by atoms with E-state index < -0.39 is 15.9 Å². The summed E-state index contributed by atoms with van der Waals surface area (Å²) in [6, 6.07) is 7.37. The summed E-state index contributed by atoms with van der Waals surface area (Å²) in [5.74, 6) is -0.393. The molecule has 0 atom stereocenters. The van der Waals surface area contributed by atoms with Crippen molar-refractivity contribution in [2.75, 3.05) is 25.0 Å². The number of benzene rings is 1. The van der Waals surface area contributed by atoms with Crippen molar-refractivity contribution in [3.63, 3.8) is 0 Å². The minimum Gasteiger partial charge on any atom is -0.360 e. The fourth-order valence-corrected chi connectivity index (χ4v) is 3.07. The van der Waals surface area contributed by atoms with E-state index in [1.54, 1.807) is 11.0 Å². The second-order valence-electron chi connectivity index (χ2n) is 5.98. The summed E-state index contributed by atoms with van der Waals surface area (Å²) in [5, 5.41) is 19.5. The van der Waals surface area contributed by atoms with Crippen molar-refractivity contribution < 1.29 is 18.0 Å². The molecule has 1 saturated heterocycles. The van der Waals surface area contributed by atoms with E-state index in [0.717, 1.165) is 13.0 Å². The zero-order chi connectivity index (χ0) is 19.9. The van der Waals surface area contributed by atoms with E-state index >= 15 is 0 Å². The van der Waals surface area contributed by atoms with Gasteiger partial charge in [-0.15, -0.1) is 0 Å². The Morgan fingerprint density at radius 1 is 1.33 bits per heavy atom. The topological polar surface area (TPSA) is 145 Å². The second kappa shape index (κ2) is 9.16. The number of likely N-dealkylation sites (tertiary alicyclic amines) is 1. The van der Waals surface area contributed by atoms with Gasteiger partial charge in [-0.2, -0.15) is 5.26 Å². The van der Waals surface area contributed by atoms with Crippen molar-refractivity contribution in [1.82, 2.24) is 10.2 Å². The van der Waals surface area contributed by atoms with Crippen molar-refractivity contribution in [2.24, 2.45) is 5.14 Å². The summed E-state index contributed by atoms with van der Waals surface area (Å²) in [6.07, 6.45) is 3.30. The number of carbonyl (C=O) groups excluding carboxylic acids is 2. The van der Waals surface area contributed by atoms with Gasteiger partial charge in [0.25, 0.3) is 5.91 Å². The van der Waals surface area contributed by atoms with Crippen molar-refractivity contribution >= 4 is 27.5 Å². The Morgan fingerprint density at radius 2 is 2.04 bits per heavy atom. The number of nitrogens with one attached hydrogen (secondary N) is 2. The predicted octanol–water partition coefficient (Wildman–Crippen LogP) is 0.282. The van der Waals surface area contributed by atoms with Gasteiger partial charge >= 0.3 is 0 Å². The van der Waals surface area contributed by atoms with Gasteiger partial charge in [0.05, 0.1) is 4.90 Å². The van der Waals surface area contributed by atoms with E-state index in [4.69, 9.17) is 10.4 Å². The molecule has 0 saturated carbocycles. The van der Waals surface area contributed by atoms with E-state index in [0.29, 0.717) is 31.6 Å². The highest BCUT2D eigenvalue weighted by Gasteiger charge is 2.19. The van der Waals surface area contributed by atoms with Crippen LogP contribution in [0.4, 0.5) is 5.69 Å². The molecule has 1 heterocycles. The fourth-order valence-electron chi connectivity index (χ4n) is 2.55. The van der Waals surface area contributed by atoms with Gasteiger partial charge < -0.3 is 15.5 Å². The molecule has 1 fully saturated rings. The average molecular weight is 391 g/mol. The van der Waals surface area contributed by atoms with Crippen LogP contribution < -0.4 is 15.8 Å². The van der Waals surface area contributed by atoms with Crippen LogP contribution >= 0.6 is 0 Å². The number of sulfonamides is 1. The van der Waals surface area contributed by atoms with Crippen LogP contribution in [-0.4, -0.2) is 44.8 Å². The Labute approximate surface area is 157 Å². The van der Waals surface area contributed by atoms with E-state index in [-0.39, 0.29) is 16.4 Å². The molecule has 0 unspecified atom stereocenters. The lowest BCUT2D eigenvalue weighted by molar-refractivity contribution is -0.127. The van der Waals surface area contributed by atoms with Crippen molar-refractivity contribution in [1.29, 1.82) is 5.26 Å². The lowest BCUT2D eigenvalue weighted by Gasteiger charge is -2.15. The largest absolute Gasteiger partial charge is 0.360 e. The Kier molecular flexibility index (Phi) is 6.92. The minimum atomic E-state index is -3.78. The van der Waals surface area contributed by atoms with E-state index in [1.807, 2.05) is 0 Å². The highest BCUT2D eigenvalue weighted by atomic mass is 32.2. The molecule has 1 aromatic carbocycles. The van der Waals surface area contributed by atoms with Crippen molar-refractivity contribution in [3.05, 3.63) is 36.0 Å². The zero-order valence-corrected chi connectivity index (χ0v) is 15.5. The number of amides is 2. The number of nitriles is 1. The van der Waals surface area contributed by atoms with Crippen LogP contribution in [0.25, 0.3) is 0 Å². The number of carbonyl (C=O) groups is 2. The van der Waals surface area contributed by atoms with Crippen LogP contribution in [0.3, 0.4) is 0 Å². The SMILES string of the molecule is N#C/C(=C/Nc1ccc(S(N)(=O)=O)cc1)C(=O)NCCCN1CCCC1=O. The Morgan fingerprint density at radius 3 is 2.59 bits per heavy atom. The second-order valence-corrected chi connectivity index (χ2v) is 7.54. The molecule has 27 heavy (non-hydrogen) atoms. The number of hydrogen-bond acceptors (Lipinski definition) is 6. The number of nitrogens with zero attached hydrogens (tertiary/aromatic N) is 2. The van der Waals surface area contributed by atoms with Crippen LogP contribution in [0.2, 0.25) is 0 Å². The normalized spacial score (nSPS) is 14.7. The maximum atomic E-state index is 12.0. The third-order valence-corrected chi connectivity index (χ3v) is 4.92. The number of hydrogen-bond donors (Lipinski definition) is 3. The third kappa shape index (κ3) is 6.09. The molecule has 2 amide bonds. The highest BCUT2D eigenvalue weighted by molar-refractivity contribution is 7.89. The van der Waals surface area contributed by atoms with Crippen LogP contribution in [0, 0.1) is 11.3 Å². The minimum absolute atomic E-state index is 0.0354. The molecule has 1 aliphatic rings. The van der Waals surface area contributed by atoms with Gasteiger partial charge in [-0.05, 0) is 37.1 Å². The standard InChI is InChI=1S/C17H21N5O4S/c18-11-13(12-21-14-4-6-15(7-5-14)27(19,25)26)17(24)20-8-2-10-22-9-1-3-16(22)23/h4-7,12,21H,1-3,8-10H2,(H,20,24)(H2,19,25,26)/b13-12-. The molecule has 9 nitrogen and oxygen atoms in total. The summed E-state index contributed by atoms with van der Waals surface area (Å²) >= 11 is 0. The first kappa shape index (κ1) is 20.4. The van der Waals surface area contributed by atoms with Gasteiger partial charge in [-0.1, -0.05) is 0 Å². The van der Waals surface area contributed by atoms with Crippen LogP contribution in [0.15, 0.2) is 40.9 Å². The van der Waals surface area contributed by atoms with Gasteiger partial charge in [0.15, 0.2) is 0 Å². The lowest BCUT2D eigenvalue weighted by Crippen LogP contribution is -2.31. The molecule has 0 spiro atoms. The predicted molar refractivity (Wildman–Crippen MR) is 98.6 cm³/mol. The molecule has 0 bridgehead atoms. The highest BCUT2D eigenvalue weighted by Crippen LogP contribution is 2.13. The molecule has 1 aromatic rings. The van der Waals surface area contributed by atoms with E-state index in [2.05, 4.69) is 10.6 Å². The van der Waals surface area contributed by atoms with Crippen LogP contribution in [-0.2, 0) is 19.6 Å². The molecule has 4 N–H and O–H groups in total. The number of rotatable bonds is 8. The number of primary sulfonamides is 1. The Balaban J connectivity index is 1.83. The monoisotopic (exact) mass is 391 g/mol. The van der Waals surface area contributed by atoms with Gasteiger partial charge in [0.1, 0.15) is 11.6 Å². The molecule has 0 radical (unpaired) electrons. The molecule has 0 aromatic heterocycles. The first-order chi connectivity index (χ1) is 12.8. The lowest BCUT2D eigenvalue weighted by atomic mass is 10.2. The number of nitrogens with two attached hydrogens (primary N) is 1. The summed E-state index contributed by atoms with van der Waals surface area (Å²) in [7, 11) is -3.78. The molecular formula is C17H21N5O4S. The van der Waals surface area contributed by atoms with E-state index in [9.17, 15) is 18.0 Å². The molecule has 0 aliphatic carbocycles. The van der Waals surface area contributed by atoms with Crippen LogP contribution in [0.1, 0.15) is 19.3 Å². The average Bonchev–Trinajstić information content (AvgIpc) is 3.04. The van der Waals surface area contributed by atoms with Gasteiger partial charge in [-0.25, -0.2) is 13.6 Å². The third-order valence-electron chi connectivity index (χ3n) is 3.99. The summed E-state index contributed by atoms with van der Waals surface area (Å²) in [6.45, 7) is 1.69. The van der Waals surface area contributed by atoms with Crippen LogP contribution in [0.5, 0.6) is 0 Å². The maximum absolute atomic E-state index is 12.0. The van der Waals surface area contributed by atoms with Crippen molar-refractivity contribution in [2.45, 2.75) is 24.2 Å².